The van der Waals surface area contributed by atoms with Gasteiger partial charge in [0.15, 0.2) is 0 Å². The van der Waals surface area contributed by atoms with Crippen molar-refractivity contribution < 1.29 is 9.53 Å². The third kappa shape index (κ3) is 2.70. The maximum Gasteiger partial charge on any atom is 0.250 e. The molecule has 2 rings (SSSR count). The molecule has 0 spiro atoms. The highest BCUT2D eigenvalue weighted by atomic mass is 16.5. The first-order valence-corrected chi connectivity index (χ1v) is 5.97. The van der Waals surface area contributed by atoms with Crippen molar-refractivity contribution in [2.24, 2.45) is 11.7 Å². The molecule has 1 saturated heterocycles. The standard InChI is InChI=1S/C12H18N4O2/c1-7(8-2-3-18-6-8)16-11-4-9(12(14)17)10(13)5-15-11/h4-5,7-8H,2-3,6,13H2,1H3,(H2,14,17)(H,15,16). The molecule has 2 atom stereocenters. The van der Waals surface area contributed by atoms with E-state index in [1.54, 1.807) is 6.07 Å². The van der Waals surface area contributed by atoms with E-state index < -0.39 is 5.91 Å². The summed E-state index contributed by atoms with van der Waals surface area (Å²) < 4.78 is 5.34. The molecule has 0 aromatic carbocycles. The molecule has 18 heavy (non-hydrogen) atoms. The number of aromatic nitrogens is 1. The maximum atomic E-state index is 11.2. The highest BCUT2D eigenvalue weighted by Gasteiger charge is 2.22. The zero-order chi connectivity index (χ0) is 13.1. The van der Waals surface area contributed by atoms with Crippen molar-refractivity contribution in [1.29, 1.82) is 0 Å². The Labute approximate surface area is 106 Å². The molecule has 0 radical (unpaired) electrons. The van der Waals surface area contributed by atoms with E-state index in [0.29, 0.717) is 23.0 Å². The Hall–Kier alpha value is -1.82. The van der Waals surface area contributed by atoms with Gasteiger partial charge in [0.2, 0.25) is 0 Å². The van der Waals surface area contributed by atoms with Crippen LogP contribution in [0.15, 0.2) is 12.3 Å². The molecule has 0 saturated carbocycles. The molecule has 1 aliphatic heterocycles. The number of primary amides is 1. The van der Waals surface area contributed by atoms with E-state index >= 15 is 0 Å². The van der Waals surface area contributed by atoms with Crippen LogP contribution in [0, 0.1) is 5.92 Å². The van der Waals surface area contributed by atoms with Gasteiger partial charge in [0.25, 0.3) is 5.91 Å². The van der Waals surface area contributed by atoms with Crippen molar-refractivity contribution in [1.82, 2.24) is 4.98 Å². The number of carbonyl (C=O) groups excluding carboxylic acids is 1. The van der Waals surface area contributed by atoms with Crippen LogP contribution in [0.5, 0.6) is 0 Å². The van der Waals surface area contributed by atoms with Crippen molar-refractivity contribution >= 4 is 17.4 Å². The predicted octanol–water partition coefficient (Wildman–Crippen LogP) is 0.600. The van der Waals surface area contributed by atoms with Crippen LogP contribution in [0.25, 0.3) is 0 Å². The SMILES string of the molecule is CC(Nc1cc(C(N)=O)c(N)cn1)C1CCOC1. The fourth-order valence-corrected chi connectivity index (χ4v) is 2.06. The predicted molar refractivity (Wildman–Crippen MR) is 69.2 cm³/mol. The van der Waals surface area contributed by atoms with Gasteiger partial charge in [-0.3, -0.25) is 4.79 Å². The third-order valence-corrected chi connectivity index (χ3v) is 3.25. The van der Waals surface area contributed by atoms with Gasteiger partial charge in [0.1, 0.15) is 5.82 Å². The largest absolute Gasteiger partial charge is 0.397 e. The van der Waals surface area contributed by atoms with Gasteiger partial charge in [-0.25, -0.2) is 4.98 Å². The van der Waals surface area contributed by atoms with Gasteiger partial charge in [-0.2, -0.15) is 0 Å². The van der Waals surface area contributed by atoms with Crippen molar-refractivity contribution in [3.8, 4) is 0 Å². The molecule has 0 aliphatic carbocycles. The van der Waals surface area contributed by atoms with Gasteiger partial charge in [-0.05, 0) is 19.4 Å². The minimum absolute atomic E-state index is 0.226. The Morgan fingerprint density at radius 3 is 3.06 bits per heavy atom. The van der Waals surface area contributed by atoms with Gasteiger partial charge in [0.05, 0.1) is 24.1 Å². The van der Waals surface area contributed by atoms with E-state index in [9.17, 15) is 4.79 Å². The summed E-state index contributed by atoms with van der Waals surface area (Å²) in [6.45, 7) is 3.63. The molecule has 1 aromatic rings. The summed E-state index contributed by atoms with van der Waals surface area (Å²) in [4.78, 5) is 15.3. The van der Waals surface area contributed by atoms with Crippen molar-refractivity contribution in [3.63, 3.8) is 0 Å². The topological polar surface area (TPSA) is 103 Å². The number of pyridine rings is 1. The molecule has 1 amide bonds. The van der Waals surface area contributed by atoms with Gasteiger partial charge in [0, 0.05) is 18.6 Å². The second kappa shape index (κ2) is 5.22. The molecule has 0 bridgehead atoms. The molecule has 1 fully saturated rings. The highest BCUT2D eigenvalue weighted by Crippen LogP contribution is 2.21. The van der Waals surface area contributed by atoms with Crippen LogP contribution in [0.3, 0.4) is 0 Å². The third-order valence-electron chi connectivity index (χ3n) is 3.25. The number of ether oxygens (including phenoxy) is 1. The molecule has 5 N–H and O–H groups in total. The zero-order valence-corrected chi connectivity index (χ0v) is 10.3. The Bertz CT molecular complexity index is 444. The van der Waals surface area contributed by atoms with Crippen LogP contribution in [-0.4, -0.2) is 30.1 Å². The average Bonchev–Trinajstić information content (AvgIpc) is 2.85. The van der Waals surface area contributed by atoms with Gasteiger partial charge in [-0.1, -0.05) is 0 Å². The maximum absolute atomic E-state index is 11.2. The molecule has 98 valence electrons. The average molecular weight is 250 g/mol. The summed E-state index contributed by atoms with van der Waals surface area (Å²) >= 11 is 0. The van der Waals surface area contributed by atoms with E-state index in [4.69, 9.17) is 16.2 Å². The van der Waals surface area contributed by atoms with E-state index in [0.717, 1.165) is 19.6 Å². The number of nitrogens with zero attached hydrogens (tertiary/aromatic N) is 1. The minimum atomic E-state index is -0.546. The van der Waals surface area contributed by atoms with Crippen LogP contribution < -0.4 is 16.8 Å². The molecule has 1 aliphatic rings. The molecule has 1 aromatic heterocycles. The monoisotopic (exact) mass is 250 g/mol. The van der Waals surface area contributed by atoms with Crippen LogP contribution >= 0.6 is 0 Å². The second-order valence-electron chi connectivity index (χ2n) is 4.58. The van der Waals surface area contributed by atoms with Gasteiger partial charge in [-0.15, -0.1) is 0 Å². The Morgan fingerprint density at radius 2 is 2.44 bits per heavy atom. The first-order chi connectivity index (χ1) is 8.58. The number of hydrogen-bond donors (Lipinski definition) is 3. The lowest BCUT2D eigenvalue weighted by molar-refractivity contribution is 0.100. The lowest BCUT2D eigenvalue weighted by atomic mass is 10.0. The lowest BCUT2D eigenvalue weighted by Crippen LogP contribution is -2.27. The quantitative estimate of drug-likeness (QED) is 0.726. The second-order valence-corrected chi connectivity index (χ2v) is 4.58. The van der Waals surface area contributed by atoms with Crippen molar-refractivity contribution in [3.05, 3.63) is 17.8 Å². The summed E-state index contributed by atoms with van der Waals surface area (Å²) in [5, 5.41) is 3.25. The van der Waals surface area contributed by atoms with Crippen molar-refractivity contribution in [2.45, 2.75) is 19.4 Å². The Morgan fingerprint density at radius 1 is 1.67 bits per heavy atom. The summed E-state index contributed by atoms with van der Waals surface area (Å²) in [7, 11) is 0. The number of rotatable bonds is 4. The first kappa shape index (κ1) is 12.6. The summed E-state index contributed by atoms with van der Waals surface area (Å²) in [5.41, 5.74) is 11.5. The Balaban J connectivity index is 2.09. The smallest absolute Gasteiger partial charge is 0.250 e. The fraction of sp³-hybridized carbons (Fsp3) is 0.500. The molecule has 6 nitrogen and oxygen atoms in total. The van der Waals surface area contributed by atoms with Crippen molar-refractivity contribution in [2.75, 3.05) is 24.3 Å². The summed E-state index contributed by atoms with van der Waals surface area (Å²) in [6, 6.07) is 1.81. The van der Waals surface area contributed by atoms with Gasteiger partial charge >= 0.3 is 0 Å². The number of nitrogens with two attached hydrogens (primary N) is 2. The minimum Gasteiger partial charge on any atom is -0.397 e. The number of nitrogens with one attached hydrogen (secondary N) is 1. The van der Waals surface area contributed by atoms with Crippen LogP contribution in [0.4, 0.5) is 11.5 Å². The lowest BCUT2D eigenvalue weighted by Gasteiger charge is -2.20. The van der Waals surface area contributed by atoms with E-state index in [1.807, 2.05) is 0 Å². The summed E-state index contributed by atoms with van der Waals surface area (Å²) in [6.07, 6.45) is 2.48. The molecular formula is C12H18N4O2. The first-order valence-electron chi connectivity index (χ1n) is 5.97. The van der Waals surface area contributed by atoms with E-state index in [2.05, 4.69) is 17.2 Å². The fourth-order valence-electron chi connectivity index (χ4n) is 2.06. The van der Waals surface area contributed by atoms with Crippen LogP contribution in [-0.2, 0) is 4.74 Å². The molecular weight excluding hydrogens is 232 g/mol. The number of amides is 1. The number of nitrogen functional groups attached to an aromatic ring is 1. The number of hydrogen-bond acceptors (Lipinski definition) is 5. The number of anilines is 2. The highest BCUT2D eigenvalue weighted by molar-refractivity contribution is 5.98. The molecule has 2 heterocycles. The Kier molecular flexibility index (Phi) is 3.66. The summed E-state index contributed by atoms with van der Waals surface area (Å²) in [5.74, 6) is 0.522. The molecule has 2 unspecified atom stereocenters. The van der Waals surface area contributed by atoms with Gasteiger partial charge < -0.3 is 21.5 Å². The van der Waals surface area contributed by atoms with Crippen LogP contribution in [0.1, 0.15) is 23.7 Å². The molecule has 6 heteroatoms. The normalized spacial score (nSPS) is 20.6. The van der Waals surface area contributed by atoms with E-state index in [-0.39, 0.29) is 6.04 Å². The van der Waals surface area contributed by atoms with E-state index in [1.165, 1.54) is 6.20 Å². The zero-order valence-electron chi connectivity index (χ0n) is 10.3. The van der Waals surface area contributed by atoms with Crippen LogP contribution in [0.2, 0.25) is 0 Å². The number of carbonyl (C=O) groups is 1.